The van der Waals surface area contributed by atoms with Gasteiger partial charge in [-0.3, -0.25) is 0 Å². The van der Waals surface area contributed by atoms with Crippen LogP contribution < -0.4 is 4.74 Å². The van der Waals surface area contributed by atoms with Gasteiger partial charge in [-0.15, -0.1) is 6.42 Å². The van der Waals surface area contributed by atoms with Crippen LogP contribution in [-0.4, -0.2) is 19.7 Å². The number of benzene rings is 1. The Balaban J connectivity index is 3.04. The Morgan fingerprint density at radius 1 is 1.60 bits per heavy atom. The van der Waals surface area contributed by atoms with Gasteiger partial charge < -0.3 is 9.47 Å². The van der Waals surface area contributed by atoms with E-state index in [1.54, 1.807) is 18.2 Å². The summed E-state index contributed by atoms with van der Waals surface area (Å²) in [5.41, 5.74) is 0.349. The molecule has 1 rings (SSSR count). The van der Waals surface area contributed by atoms with Crippen LogP contribution in [0.15, 0.2) is 22.7 Å². The molecular weight excluding hydrogens is 260 g/mol. The van der Waals surface area contributed by atoms with E-state index >= 15 is 0 Å². The van der Waals surface area contributed by atoms with E-state index in [4.69, 9.17) is 11.2 Å². The summed E-state index contributed by atoms with van der Waals surface area (Å²) >= 11 is 3.26. The van der Waals surface area contributed by atoms with Gasteiger partial charge in [-0.2, -0.15) is 0 Å². The molecule has 0 aliphatic carbocycles. The van der Waals surface area contributed by atoms with Crippen molar-refractivity contribution in [1.82, 2.24) is 0 Å². The quantitative estimate of drug-likeness (QED) is 0.623. The van der Waals surface area contributed by atoms with Gasteiger partial charge in [0, 0.05) is 4.47 Å². The third-order valence-electron chi connectivity index (χ3n) is 1.66. The highest BCUT2D eigenvalue weighted by Gasteiger charge is 2.13. The van der Waals surface area contributed by atoms with Gasteiger partial charge in [0.2, 0.25) is 0 Å². The second kappa shape index (κ2) is 5.42. The summed E-state index contributed by atoms with van der Waals surface area (Å²) in [4.78, 5) is 11.4. The number of rotatable bonds is 3. The molecule has 0 bridgehead atoms. The van der Waals surface area contributed by atoms with Crippen LogP contribution >= 0.6 is 15.9 Å². The number of ether oxygens (including phenoxy) is 2. The van der Waals surface area contributed by atoms with Crippen molar-refractivity contribution in [3.05, 3.63) is 28.2 Å². The average Bonchev–Trinajstić information content (AvgIpc) is 2.26. The van der Waals surface area contributed by atoms with Gasteiger partial charge in [-0.1, -0.05) is 21.9 Å². The van der Waals surface area contributed by atoms with Crippen LogP contribution in [0.1, 0.15) is 10.4 Å². The van der Waals surface area contributed by atoms with Gasteiger partial charge >= 0.3 is 5.97 Å². The van der Waals surface area contributed by atoms with E-state index in [2.05, 4.69) is 26.6 Å². The zero-order valence-electron chi connectivity index (χ0n) is 8.12. The summed E-state index contributed by atoms with van der Waals surface area (Å²) < 4.78 is 10.6. The van der Waals surface area contributed by atoms with Crippen molar-refractivity contribution >= 4 is 21.9 Å². The van der Waals surface area contributed by atoms with Crippen LogP contribution in [0, 0.1) is 12.3 Å². The third-order valence-corrected chi connectivity index (χ3v) is 2.15. The fraction of sp³-hybridized carbons (Fsp3) is 0.182. The average molecular weight is 269 g/mol. The predicted octanol–water partition coefficient (Wildman–Crippen LogP) is 2.25. The van der Waals surface area contributed by atoms with E-state index in [1.807, 2.05) is 0 Å². The molecule has 0 radical (unpaired) electrons. The van der Waals surface area contributed by atoms with Gasteiger partial charge in [0.1, 0.15) is 17.9 Å². The van der Waals surface area contributed by atoms with E-state index in [-0.39, 0.29) is 6.61 Å². The minimum Gasteiger partial charge on any atom is -0.480 e. The Bertz CT molecular complexity index is 407. The summed E-state index contributed by atoms with van der Waals surface area (Å²) in [6, 6.07) is 5.05. The second-order valence-corrected chi connectivity index (χ2v) is 3.54. The lowest BCUT2D eigenvalue weighted by molar-refractivity contribution is 0.0596. The van der Waals surface area contributed by atoms with Crippen LogP contribution in [0.5, 0.6) is 5.75 Å². The van der Waals surface area contributed by atoms with Crippen molar-refractivity contribution in [2.75, 3.05) is 13.7 Å². The largest absolute Gasteiger partial charge is 0.480 e. The summed E-state index contributed by atoms with van der Waals surface area (Å²) in [6.07, 6.45) is 5.06. The predicted molar refractivity (Wildman–Crippen MR) is 59.8 cm³/mol. The zero-order valence-corrected chi connectivity index (χ0v) is 9.71. The fourth-order valence-corrected chi connectivity index (χ4v) is 1.38. The lowest BCUT2D eigenvalue weighted by Crippen LogP contribution is -2.05. The number of hydrogen-bond acceptors (Lipinski definition) is 3. The maximum atomic E-state index is 11.4. The number of methoxy groups -OCH3 is 1. The molecule has 0 aliphatic heterocycles. The van der Waals surface area contributed by atoms with Gasteiger partial charge in [0.25, 0.3) is 0 Å². The maximum Gasteiger partial charge on any atom is 0.341 e. The number of hydrogen-bond donors (Lipinski definition) is 0. The molecule has 0 spiro atoms. The molecule has 0 aromatic heterocycles. The fourth-order valence-electron chi connectivity index (χ4n) is 1.02. The molecule has 0 unspecified atom stereocenters. The summed E-state index contributed by atoms with van der Waals surface area (Å²) in [6.45, 7) is 0.117. The zero-order chi connectivity index (χ0) is 11.3. The Kier molecular flexibility index (Phi) is 4.19. The Morgan fingerprint density at radius 3 is 2.93 bits per heavy atom. The molecule has 0 heterocycles. The van der Waals surface area contributed by atoms with Gasteiger partial charge in [0.15, 0.2) is 0 Å². The Labute approximate surface area is 96.5 Å². The molecule has 1 aromatic rings. The first-order valence-electron chi connectivity index (χ1n) is 4.13. The highest BCUT2D eigenvalue weighted by molar-refractivity contribution is 9.10. The van der Waals surface area contributed by atoms with Crippen LogP contribution in [0.3, 0.4) is 0 Å². The molecule has 78 valence electrons. The van der Waals surface area contributed by atoms with Crippen molar-refractivity contribution in [3.63, 3.8) is 0 Å². The molecular formula is C11H9BrO3. The van der Waals surface area contributed by atoms with Crippen molar-refractivity contribution in [2.45, 2.75) is 0 Å². The van der Waals surface area contributed by atoms with Crippen LogP contribution in [-0.2, 0) is 4.74 Å². The molecule has 0 fully saturated rings. The smallest absolute Gasteiger partial charge is 0.341 e. The molecule has 0 saturated carbocycles. The van der Waals surface area contributed by atoms with Crippen LogP contribution in [0.25, 0.3) is 0 Å². The lowest BCUT2D eigenvalue weighted by Gasteiger charge is -2.08. The summed E-state index contributed by atoms with van der Waals surface area (Å²) in [5.74, 6) is 2.29. The molecule has 3 nitrogen and oxygen atoms in total. The van der Waals surface area contributed by atoms with E-state index in [9.17, 15) is 4.79 Å². The number of esters is 1. The first-order valence-corrected chi connectivity index (χ1v) is 4.92. The SMILES string of the molecule is C#CCOc1ccc(Br)cc1C(=O)OC. The van der Waals surface area contributed by atoms with Gasteiger partial charge in [0.05, 0.1) is 7.11 Å². The first-order chi connectivity index (χ1) is 7.19. The maximum absolute atomic E-state index is 11.4. The van der Waals surface area contributed by atoms with E-state index in [0.717, 1.165) is 4.47 Å². The second-order valence-electron chi connectivity index (χ2n) is 2.62. The summed E-state index contributed by atoms with van der Waals surface area (Å²) in [7, 11) is 1.31. The van der Waals surface area contributed by atoms with Crippen molar-refractivity contribution < 1.29 is 14.3 Å². The van der Waals surface area contributed by atoms with E-state index in [1.165, 1.54) is 7.11 Å². The minimum absolute atomic E-state index is 0.117. The Morgan fingerprint density at radius 2 is 2.33 bits per heavy atom. The van der Waals surface area contributed by atoms with E-state index < -0.39 is 5.97 Å². The van der Waals surface area contributed by atoms with Crippen molar-refractivity contribution in [2.24, 2.45) is 0 Å². The lowest BCUT2D eigenvalue weighted by atomic mass is 10.2. The summed E-state index contributed by atoms with van der Waals surface area (Å²) in [5, 5.41) is 0. The first kappa shape index (κ1) is 11.6. The number of terminal acetylenes is 1. The molecule has 0 aliphatic rings. The third kappa shape index (κ3) is 3.00. The van der Waals surface area contributed by atoms with Crippen molar-refractivity contribution in [1.29, 1.82) is 0 Å². The van der Waals surface area contributed by atoms with Crippen LogP contribution in [0.4, 0.5) is 0 Å². The topological polar surface area (TPSA) is 35.5 Å². The molecule has 1 aromatic carbocycles. The molecule has 4 heteroatoms. The van der Waals surface area contributed by atoms with Gasteiger partial charge in [-0.05, 0) is 18.2 Å². The minimum atomic E-state index is -0.455. The highest BCUT2D eigenvalue weighted by Crippen LogP contribution is 2.23. The number of halogens is 1. The van der Waals surface area contributed by atoms with Crippen molar-refractivity contribution in [3.8, 4) is 18.1 Å². The van der Waals surface area contributed by atoms with E-state index in [0.29, 0.717) is 11.3 Å². The number of carbonyl (C=O) groups excluding carboxylic acids is 1. The molecule has 0 saturated heterocycles. The highest BCUT2D eigenvalue weighted by atomic mass is 79.9. The Hall–Kier alpha value is -1.47. The van der Waals surface area contributed by atoms with Gasteiger partial charge in [-0.25, -0.2) is 4.79 Å². The molecule has 0 amide bonds. The normalized spacial score (nSPS) is 9.13. The number of carbonyl (C=O) groups is 1. The standard InChI is InChI=1S/C11H9BrO3/c1-3-6-15-10-5-4-8(12)7-9(10)11(13)14-2/h1,4-5,7H,6H2,2H3. The molecule has 0 N–H and O–H groups in total. The monoisotopic (exact) mass is 268 g/mol. The molecule has 0 atom stereocenters. The van der Waals surface area contributed by atoms with Crippen LogP contribution in [0.2, 0.25) is 0 Å². The molecule has 15 heavy (non-hydrogen) atoms.